The fourth-order valence-electron chi connectivity index (χ4n) is 3.64. The van der Waals surface area contributed by atoms with E-state index in [1.54, 1.807) is 25.3 Å². The van der Waals surface area contributed by atoms with Crippen molar-refractivity contribution in [3.63, 3.8) is 0 Å². The first kappa shape index (κ1) is 22.0. The lowest BCUT2D eigenvalue weighted by molar-refractivity contribution is -0.141. The summed E-state index contributed by atoms with van der Waals surface area (Å²) in [6.45, 7) is 0. The van der Waals surface area contributed by atoms with Gasteiger partial charge >= 0.3 is 5.97 Å². The number of pyridine rings is 1. The predicted molar refractivity (Wildman–Crippen MR) is 122 cm³/mol. The van der Waals surface area contributed by atoms with Crippen LogP contribution in [0.2, 0.25) is 10.2 Å². The second kappa shape index (κ2) is 9.14. The van der Waals surface area contributed by atoms with E-state index in [-0.39, 0.29) is 18.0 Å². The number of halogens is 2. The van der Waals surface area contributed by atoms with E-state index in [1.807, 2.05) is 30.3 Å². The standard InChI is InChI=1S/C23H19Cl2N3O4/c1-32-16-6-7-18-14(10-16)11-17(23(25)26-18)20-12-19(13-2-4-15(24)5-3-13)27-28(20)21(29)8-9-22(30)31/h2-7,10-11,20H,8-9,12H2,1H3,(H,30,31). The van der Waals surface area contributed by atoms with Crippen LogP contribution in [0.5, 0.6) is 5.75 Å². The molecule has 1 unspecified atom stereocenters. The van der Waals surface area contributed by atoms with E-state index >= 15 is 0 Å². The number of carboxylic acid groups (broad SMARTS) is 1. The van der Waals surface area contributed by atoms with Crippen LogP contribution < -0.4 is 4.74 Å². The summed E-state index contributed by atoms with van der Waals surface area (Å²) in [6, 6.07) is 14.0. The highest BCUT2D eigenvalue weighted by Crippen LogP contribution is 2.38. The molecule has 0 aliphatic carbocycles. The third-order valence-corrected chi connectivity index (χ3v) is 5.81. The lowest BCUT2D eigenvalue weighted by Crippen LogP contribution is -2.27. The highest BCUT2D eigenvalue weighted by atomic mass is 35.5. The molecule has 0 radical (unpaired) electrons. The molecule has 1 aliphatic rings. The zero-order valence-electron chi connectivity index (χ0n) is 17.1. The molecule has 2 heterocycles. The van der Waals surface area contributed by atoms with Gasteiger partial charge in [0.2, 0.25) is 5.91 Å². The number of carbonyl (C=O) groups excluding carboxylic acids is 1. The predicted octanol–water partition coefficient (Wildman–Crippen LogP) is 5.09. The van der Waals surface area contributed by atoms with Crippen LogP contribution in [0.15, 0.2) is 53.6 Å². The topological polar surface area (TPSA) is 92.1 Å². The van der Waals surface area contributed by atoms with Crippen molar-refractivity contribution in [3.05, 3.63) is 69.8 Å². The summed E-state index contributed by atoms with van der Waals surface area (Å²) in [4.78, 5) is 28.4. The van der Waals surface area contributed by atoms with Crippen LogP contribution in [0.1, 0.15) is 36.4 Å². The molecule has 0 spiro atoms. The fraction of sp³-hybridized carbons (Fsp3) is 0.217. The molecule has 3 aromatic rings. The van der Waals surface area contributed by atoms with Crippen LogP contribution in [-0.2, 0) is 9.59 Å². The van der Waals surface area contributed by atoms with Crippen molar-refractivity contribution in [3.8, 4) is 5.75 Å². The molecular weight excluding hydrogens is 453 g/mol. The minimum absolute atomic E-state index is 0.171. The average molecular weight is 472 g/mol. The first-order valence-corrected chi connectivity index (χ1v) is 10.6. The Labute approximate surface area is 194 Å². The third kappa shape index (κ3) is 4.54. The molecular formula is C23H19Cl2N3O4. The van der Waals surface area contributed by atoms with Gasteiger partial charge in [0.15, 0.2) is 0 Å². The van der Waals surface area contributed by atoms with E-state index < -0.39 is 17.9 Å². The highest BCUT2D eigenvalue weighted by molar-refractivity contribution is 6.31. The Balaban J connectivity index is 1.74. The number of aliphatic carboxylic acids is 1. The molecule has 0 saturated carbocycles. The summed E-state index contributed by atoms with van der Waals surface area (Å²) in [7, 11) is 1.58. The van der Waals surface area contributed by atoms with Crippen LogP contribution >= 0.6 is 23.2 Å². The van der Waals surface area contributed by atoms with Gasteiger partial charge in [-0.05, 0) is 42.0 Å². The van der Waals surface area contributed by atoms with Crippen LogP contribution in [0.25, 0.3) is 10.9 Å². The second-order valence-electron chi connectivity index (χ2n) is 7.33. The molecule has 1 aliphatic heterocycles. The van der Waals surface area contributed by atoms with Crippen molar-refractivity contribution in [2.24, 2.45) is 5.10 Å². The zero-order chi connectivity index (χ0) is 22.8. The van der Waals surface area contributed by atoms with Gasteiger partial charge < -0.3 is 9.84 Å². The van der Waals surface area contributed by atoms with E-state index in [0.717, 1.165) is 10.9 Å². The number of carbonyl (C=O) groups is 2. The molecule has 0 saturated heterocycles. The minimum atomic E-state index is -1.05. The summed E-state index contributed by atoms with van der Waals surface area (Å²) in [6.07, 6.45) is -0.0538. The first-order chi connectivity index (χ1) is 15.4. The monoisotopic (exact) mass is 471 g/mol. The summed E-state index contributed by atoms with van der Waals surface area (Å²) < 4.78 is 5.30. The molecule has 0 fully saturated rings. The zero-order valence-corrected chi connectivity index (χ0v) is 18.6. The van der Waals surface area contributed by atoms with Gasteiger partial charge in [-0.2, -0.15) is 5.10 Å². The van der Waals surface area contributed by atoms with E-state index in [4.69, 9.17) is 33.0 Å². The number of aromatic nitrogens is 1. The molecule has 0 bridgehead atoms. The van der Waals surface area contributed by atoms with Crippen LogP contribution in [-0.4, -0.2) is 39.8 Å². The minimum Gasteiger partial charge on any atom is -0.497 e. The number of ether oxygens (including phenoxy) is 1. The summed E-state index contributed by atoms with van der Waals surface area (Å²) in [5, 5.41) is 16.5. The Morgan fingerprint density at radius 1 is 1.12 bits per heavy atom. The van der Waals surface area contributed by atoms with Gasteiger partial charge in [0, 0.05) is 28.8 Å². The van der Waals surface area contributed by atoms with Crippen molar-refractivity contribution < 1.29 is 19.4 Å². The van der Waals surface area contributed by atoms with Crippen molar-refractivity contribution in [1.29, 1.82) is 0 Å². The van der Waals surface area contributed by atoms with Gasteiger partial charge in [-0.3, -0.25) is 9.59 Å². The Hall–Kier alpha value is -3.16. The molecule has 1 amide bonds. The summed E-state index contributed by atoms with van der Waals surface area (Å²) in [5.41, 5.74) is 2.82. The number of nitrogens with zero attached hydrogens (tertiary/aromatic N) is 3. The normalized spacial score (nSPS) is 15.7. The SMILES string of the molecule is COc1ccc2nc(Cl)c(C3CC(c4ccc(Cl)cc4)=NN3C(=O)CCC(=O)O)cc2c1. The van der Waals surface area contributed by atoms with E-state index in [2.05, 4.69) is 10.1 Å². The number of fused-ring (bicyclic) bond motifs is 1. The number of hydrogen-bond acceptors (Lipinski definition) is 5. The van der Waals surface area contributed by atoms with Crippen molar-refractivity contribution in [1.82, 2.24) is 9.99 Å². The first-order valence-electron chi connectivity index (χ1n) is 9.87. The molecule has 1 aromatic heterocycles. The number of hydrogen-bond donors (Lipinski definition) is 1. The Morgan fingerprint density at radius 3 is 2.56 bits per heavy atom. The fourth-order valence-corrected chi connectivity index (χ4v) is 4.03. The van der Waals surface area contributed by atoms with Crippen molar-refractivity contribution in [2.45, 2.75) is 25.3 Å². The van der Waals surface area contributed by atoms with E-state index in [0.29, 0.717) is 34.0 Å². The Bertz CT molecular complexity index is 1230. The maximum atomic E-state index is 12.9. The number of carboxylic acids is 1. The molecule has 1 atom stereocenters. The molecule has 7 nitrogen and oxygen atoms in total. The van der Waals surface area contributed by atoms with Gasteiger partial charge in [-0.1, -0.05) is 35.3 Å². The van der Waals surface area contributed by atoms with E-state index in [9.17, 15) is 9.59 Å². The number of hydrazone groups is 1. The number of benzene rings is 2. The highest BCUT2D eigenvalue weighted by Gasteiger charge is 2.35. The molecule has 164 valence electrons. The quantitative estimate of drug-likeness (QED) is 0.505. The lowest BCUT2D eigenvalue weighted by Gasteiger charge is -2.23. The van der Waals surface area contributed by atoms with Gasteiger partial charge in [-0.25, -0.2) is 9.99 Å². The maximum Gasteiger partial charge on any atom is 0.303 e. The van der Waals surface area contributed by atoms with Crippen LogP contribution in [0.4, 0.5) is 0 Å². The van der Waals surface area contributed by atoms with Crippen LogP contribution in [0, 0.1) is 0 Å². The molecule has 2 aromatic carbocycles. The molecule has 1 N–H and O–H groups in total. The smallest absolute Gasteiger partial charge is 0.303 e. The van der Waals surface area contributed by atoms with Crippen LogP contribution in [0.3, 0.4) is 0 Å². The Kier molecular flexibility index (Phi) is 6.30. The second-order valence-corrected chi connectivity index (χ2v) is 8.13. The van der Waals surface area contributed by atoms with Gasteiger partial charge in [0.1, 0.15) is 10.9 Å². The maximum absolute atomic E-state index is 12.9. The third-order valence-electron chi connectivity index (χ3n) is 5.26. The van der Waals surface area contributed by atoms with Gasteiger partial charge in [0.25, 0.3) is 0 Å². The van der Waals surface area contributed by atoms with Crippen molar-refractivity contribution in [2.75, 3.05) is 7.11 Å². The molecule has 32 heavy (non-hydrogen) atoms. The summed E-state index contributed by atoms with van der Waals surface area (Å²) >= 11 is 12.5. The number of rotatable bonds is 6. The van der Waals surface area contributed by atoms with E-state index in [1.165, 1.54) is 5.01 Å². The summed E-state index contributed by atoms with van der Waals surface area (Å²) in [5.74, 6) is -0.775. The lowest BCUT2D eigenvalue weighted by atomic mass is 9.98. The van der Waals surface area contributed by atoms with Crippen molar-refractivity contribution >= 4 is 51.7 Å². The Morgan fingerprint density at radius 2 is 1.88 bits per heavy atom. The van der Waals surface area contributed by atoms with Gasteiger partial charge in [-0.15, -0.1) is 0 Å². The molecule has 4 rings (SSSR count). The number of amides is 1. The largest absolute Gasteiger partial charge is 0.497 e. The molecule has 9 heteroatoms. The number of methoxy groups -OCH3 is 1. The van der Waals surface area contributed by atoms with Gasteiger partial charge in [0.05, 0.1) is 30.8 Å². The average Bonchev–Trinajstić information content (AvgIpc) is 3.22.